The van der Waals surface area contributed by atoms with Crippen molar-refractivity contribution in [2.24, 2.45) is 11.7 Å². The molecule has 0 amide bonds. The SMILES string of the molecule is CCC1=CC(C)C=C(C(=N)N)C=C1. The number of nitrogens with two attached hydrogens (primary N) is 1. The van der Waals surface area contributed by atoms with Crippen molar-refractivity contribution in [2.75, 3.05) is 0 Å². The first kappa shape index (κ1) is 9.78. The smallest absolute Gasteiger partial charge is 0.122 e. The van der Waals surface area contributed by atoms with Gasteiger partial charge in [0.25, 0.3) is 0 Å². The minimum atomic E-state index is 0.147. The molecule has 0 aromatic rings. The Balaban J connectivity index is 2.92. The van der Waals surface area contributed by atoms with Crippen LogP contribution in [0.25, 0.3) is 0 Å². The van der Waals surface area contributed by atoms with E-state index >= 15 is 0 Å². The van der Waals surface area contributed by atoms with Crippen LogP contribution >= 0.6 is 0 Å². The van der Waals surface area contributed by atoms with E-state index in [1.54, 1.807) is 0 Å². The molecule has 0 fully saturated rings. The lowest BCUT2D eigenvalue weighted by atomic mass is 10.1. The van der Waals surface area contributed by atoms with Crippen molar-refractivity contribution in [3.63, 3.8) is 0 Å². The normalized spacial score (nSPS) is 21.8. The van der Waals surface area contributed by atoms with E-state index in [1.807, 2.05) is 18.2 Å². The first-order valence-corrected chi connectivity index (χ1v) is 4.58. The summed E-state index contributed by atoms with van der Waals surface area (Å²) in [5.41, 5.74) is 7.56. The molecule has 1 unspecified atom stereocenters. The molecule has 2 nitrogen and oxygen atoms in total. The molecule has 0 bridgehead atoms. The number of hydrogen-bond donors (Lipinski definition) is 2. The zero-order valence-electron chi connectivity index (χ0n) is 8.17. The second kappa shape index (κ2) is 4.08. The van der Waals surface area contributed by atoms with Gasteiger partial charge < -0.3 is 5.73 Å². The van der Waals surface area contributed by atoms with Crippen LogP contribution in [-0.2, 0) is 0 Å². The van der Waals surface area contributed by atoms with Crippen LogP contribution in [0.1, 0.15) is 20.3 Å². The fraction of sp³-hybridized carbons (Fsp3) is 0.364. The van der Waals surface area contributed by atoms with Gasteiger partial charge >= 0.3 is 0 Å². The van der Waals surface area contributed by atoms with Gasteiger partial charge in [-0.3, -0.25) is 5.41 Å². The third kappa shape index (κ3) is 2.58. The van der Waals surface area contributed by atoms with Gasteiger partial charge in [-0.15, -0.1) is 0 Å². The van der Waals surface area contributed by atoms with Crippen LogP contribution in [0.15, 0.2) is 35.5 Å². The van der Waals surface area contributed by atoms with Crippen molar-refractivity contribution in [3.8, 4) is 0 Å². The Bertz CT molecular complexity index is 295. The molecule has 13 heavy (non-hydrogen) atoms. The van der Waals surface area contributed by atoms with Gasteiger partial charge in [-0.2, -0.15) is 0 Å². The molecule has 0 aromatic carbocycles. The van der Waals surface area contributed by atoms with Gasteiger partial charge in [0.2, 0.25) is 0 Å². The highest BCUT2D eigenvalue weighted by molar-refractivity contribution is 5.97. The number of rotatable bonds is 2. The van der Waals surface area contributed by atoms with Gasteiger partial charge in [-0.1, -0.05) is 43.7 Å². The monoisotopic (exact) mass is 176 g/mol. The van der Waals surface area contributed by atoms with Gasteiger partial charge in [-0.05, 0) is 12.3 Å². The van der Waals surface area contributed by atoms with Crippen molar-refractivity contribution in [2.45, 2.75) is 20.3 Å². The van der Waals surface area contributed by atoms with E-state index in [0.717, 1.165) is 12.0 Å². The van der Waals surface area contributed by atoms with Crippen molar-refractivity contribution in [3.05, 3.63) is 35.5 Å². The maximum absolute atomic E-state index is 7.33. The van der Waals surface area contributed by atoms with Crippen LogP contribution in [-0.4, -0.2) is 5.84 Å². The Hall–Kier alpha value is -1.31. The molecule has 2 heteroatoms. The van der Waals surface area contributed by atoms with Gasteiger partial charge in [0.05, 0.1) is 0 Å². The molecule has 0 saturated carbocycles. The molecular weight excluding hydrogens is 160 g/mol. The number of nitrogens with one attached hydrogen (secondary N) is 1. The number of hydrogen-bond acceptors (Lipinski definition) is 1. The summed E-state index contributed by atoms with van der Waals surface area (Å²) in [6.07, 6.45) is 9.20. The largest absolute Gasteiger partial charge is 0.384 e. The number of amidine groups is 1. The van der Waals surface area contributed by atoms with E-state index in [9.17, 15) is 0 Å². The van der Waals surface area contributed by atoms with Crippen LogP contribution in [0.5, 0.6) is 0 Å². The second-order valence-electron chi connectivity index (χ2n) is 3.32. The van der Waals surface area contributed by atoms with Gasteiger partial charge in [0.1, 0.15) is 5.84 Å². The van der Waals surface area contributed by atoms with Crippen molar-refractivity contribution in [1.82, 2.24) is 0 Å². The standard InChI is InChI=1S/C11H16N2/c1-3-9-4-5-10(11(12)13)7-8(2)6-9/h4-8H,3H2,1-2H3,(H3,12,13). The van der Waals surface area contributed by atoms with Crippen molar-refractivity contribution < 1.29 is 0 Å². The third-order valence-corrected chi connectivity index (χ3v) is 2.12. The highest BCUT2D eigenvalue weighted by Crippen LogP contribution is 2.16. The maximum Gasteiger partial charge on any atom is 0.122 e. The lowest BCUT2D eigenvalue weighted by Crippen LogP contribution is -2.11. The summed E-state index contributed by atoms with van der Waals surface area (Å²) in [5, 5.41) is 7.33. The number of allylic oxidation sites excluding steroid dienone is 4. The van der Waals surface area contributed by atoms with Gasteiger partial charge in [-0.25, -0.2) is 0 Å². The van der Waals surface area contributed by atoms with Crippen LogP contribution in [0.3, 0.4) is 0 Å². The van der Waals surface area contributed by atoms with E-state index in [4.69, 9.17) is 11.1 Å². The van der Waals surface area contributed by atoms with Crippen LogP contribution in [0.2, 0.25) is 0 Å². The zero-order chi connectivity index (χ0) is 9.84. The molecule has 0 aliphatic heterocycles. The highest BCUT2D eigenvalue weighted by Gasteiger charge is 2.04. The Morgan fingerprint density at radius 3 is 2.69 bits per heavy atom. The summed E-state index contributed by atoms with van der Waals surface area (Å²) in [5.74, 6) is 0.512. The second-order valence-corrected chi connectivity index (χ2v) is 3.32. The van der Waals surface area contributed by atoms with E-state index in [1.165, 1.54) is 5.57 Å². The minimum Gasteiger partial charge on any atom is -0.384 e. The third-order valence-electron chi connectivity index (χ3n) is 2.12. The molecule has 1 aliphatic rings. The molecule has 0 spiro atoms. The molecule has 0 radical (unpaired) electrons. The molecule has 1 atom stereocenters. The molecule has 0 saturated heterocycles. The summed E-state index contributed by atoms with van der Waals surface area (Å²) >= 11 is 0. The molecule has 1 rings (SSSR count). The topological polar surface area (TPSA) is 49.9 Å². The molecule has 1 aliphatic carbocycles. The Kier molecular flexibility index (Phi) is 3.07. The average molecular weight is 176 g/mol. The lowest BCUT2D eigenvalue weighted by molar-refractivity contribution is 0.918. The van der Waals surface area contributed by atoms with E-state index in [2.05, 4.69) is 19.9 Å². The van der Waals surface area contributed by atoms with E-state index in [-0.39, 0.29) is 5.84 Å². The first-order chi connectivity index (χ1) is 6.13. The van der Waals surface area contributed by atoms with Crippen molar-refractivity contribution in [1.29, 1.82) is 5.41 Å². The average Bonchev–Trinajstić information content (AvgIpc) is 2.26. The zero-order valence-corrected chi connectivity index (χ0v) is 8.17. The Morgan fingerprint density at radius 2 is 2.15 bits per heavy atom. The van der Waals surface area contributed by atoms with Gasteiger partial charge in [0.15, 0.2) is 0 Å². The van der Waals surface area contributed by atoms with Crippen LogP contribution in [0.4, 0.5) is 0 Å². The summed E-state index contributed by atoms with van der Waals surface area (Å²) < 4.78 is 0. The van der Waals surface area contributed by atoms with Crippen LogP contribution in [0, 0.1) is 11.3 Å². The molecule has 0 heterocycles. The quantitative estimate of drug-likeness (QED) is 0.492. The minimum absolute atomic E-state index is 0.147. The van der Waals surface area contributed by atoms with Gasteiger partial charge in [0, 0.05) is 5.57 Å². The fourth-order valence-electron chi connectivity index (χ4n) is 1.39. The predicted molar refractivity (Wildman–Crippen MR) is 56.7 cm³/mol. The summed E-state index contributed by atoms with van der Waals surface area (Å²) in [7, 11) is 0. The predicted octanol–water partition coefficient (Wildman–Crippen LogP) is 2.39. The van der Waals surface area contributed by atoms with E-state index < -0.39 is 0 Å². The molecule has 70 valence electrons. The molecule has 0 aromatic heterocycles. The van der Waals surface area contributed by atoms with Crippen molar-refractivity contribution >= 4 is 5.84 Å². The van der Waals surface area contributed by atoms with E-state index in [0.29, 0.717) is 5.92 Å². The maximum atomic E-state index is 7.33. The molecular formula is C11H16N2. The fourth-order valence-corrected chi connectivity index (χ4v) is 1.39. The summed E-state index contributed by atoms with van der Waals surface area (Å²) in [6, 6.07) is 0. The summed E-state index contributed by atoms with van der Waals surface area (Å²) in [6.45, 7) is 4.23. The Morgan fingerprint density at radius 1 is 1.46 bits per heavy atom. The first-order valence-electron chi connectivity index (χ1n) is 4.58. The molecule has 3 N–H and O–H groups in total. The van der Waals surface area contributed by atoms with Crippen LogP contribution < -0.4 is 5.73 Å². The lowest BCUT2D eigenvalue weighted by Gasteiger charge is -2.00. The Labute approximate surface area is 79.3 Å². The highest BCUT2D eigenvalue weighted by atomic mass is 14.7. The summed E-state index contributed by atoms with van der Waals surface area (Å²) in [4.78, 5) is 0.